The summed E-state index contributed by atoms with van der Waals surface area (Å²) in [6.45, 7) is 2.73. The smallest absolute Gasteiger partial charge is 0.179 e. The highest BCUT2D eigenvalue weighted by Crippen LogP contribution is 2.34. The van der Waals surface area contributed by atoms with E-state index in [2.05, 4.69) is 36.7 Å². The van der Waals surface area contributed by atoms with Crippen LogP contribution in [0.15, 0.2) is 55.0 Å². The molecule has 0 amide bonds. The number of aliphatic hydroxyl groups is 1. The topological polar surface area (TPSA) is 75.2 Å². The maximum Gasteiger partial charge on any atom is 0.179 e. The van der Waals surface area contributed by atoms with Crippen molar-refractivity contribution in [3.05, 3.63) is 66.5 Å². The second-order valence-electron chi connectivity index (χ2n) is 9.37. The van der Waals surface area contributed by atoms with Crippen LogP contribution in [0.25, 0.3) is 28.3 Å². The van der Waals surface area contributed by atoms with Crippen molar-refractivity contribution in [1.29, 1.82) is 0 Å². The molecule has 0 aliphatic carbocycles. The molecule has 2 atom stereocenters. The van der Waals surface area contributed by atoms with Crippen molar-refractivity contribution in [1.82, 2.24) is 29.2 Å². The Hall–Kier alpha value is -2.86. The number of β-amino-alcohol motifs (C(OH)–C–C–N with tert-alkyl or cyclic N) is 1. The lowest BCUT2D eigenvalue weighted by Crippen LogP contribution is -2.29. The van der Waals surface area contributed by atoms with E-state index in [0.717, 1.165) is 52.9 Å². The third-order valence-electron chi connectivity index (χ3n) is 6.66. The van der Waals surface area contributed by atoms with E-state index in [1.807, 2.05) is 30.9 Å². The molecule has 1 N–H and O–H groups in total. The van der Waals surface area contributed by atoms with E-state index >= 15 is 0 Å². The van der Waals surface area contributed by atoms with Crippen molar-refractivity contribution in [3.8, 4) is 28.3 Å². The van der Waals surface area contributed by atoms with E-state index in [9.17, 15) is 9.50 Å². The lowest BCUT2D eigenvalue weighted by Gasteiger charge is -2.20. The molecule has 0 unspecified atom stereocenters. The summed E-state index contributed by atoms with van der Waals surface area (Å²) in [4.78, 5) is 13.8. The zero-order chi connectivity index (χ0) is 23.4. The first kappa shape index (κ1) is 26.2. The average molecular weight is 528 g/mol. The molecule has 2 aliphatic rings. The van der Waals surface area contributed by atoms with Crippen LogP contribution < -0.4 is 4.90 Å². The first-order valence-electron chi connectivity index (χ1n) is 11.4. The number of halogens is 1. The summed E-state index contributed by atoms with van der Waals surface area (Å²) in [6.07, 6.45) is 3.23. The van der Waals surface area contributed by atoms with Crippen molar-refractivity contribution < 1.29 is 9.50 Å². The molecule has 36 heavy (non-hydrogen) atoms. The molecular weight excluding hydrogens is 497 g/mol. The number of aliphatic hydroxyl groups excluding tert-OH is 1. The van der Waals surface area contributed by atoms with Crippen molar-refractivity contribution in [2.45, 2.75) is 12.6 Å². The predicted molar refractivity (Wildman–Crippen MR) is 148 cm³/mol. The van der Waals surface area contributed by atoms with Gasteiger partial charge in [0.2, 0.25) is 0 Å². The molecule has 4 aromatic rings. The highest BCUT2D eigenvalue weighted by Gasteiger charge is 2.33. The van der Waals surface area contributed by atoms with Gasteiger partial charge in [0.15, 0.2) is 5.82 Å². The second-order valence-corrected chi connectivity index (χ2v) is 9.37. The first-order chi connectivity index (χ1) is 16.5. The fourth-order valence-electron chi connectivity index (χ4n) is 5.04. The van der Waals surface area contributed by atoms with Gasteiger partial charge < -0.3 is 19.5 Å². The Morgan fingerprint density at radius 1 is 1.06 bits per heavy atom. The maximum absolute atomic E-state index is 13.4. The number of nitrogens with zero attached hydrogens (tertiary/aromatic N) is 7. The van der Waals surface area contributed by atoms with Crippen LogP contribution >= 0.6 is 27.0 Å². The summed E-state index contributed by atoms with van der Waals surface area (Å²) in [7, 11) is 4.06. The number of hydrogen-bond acceptors (Lipinski definition) is 6. The first-order valence-corrected chi connectivity index (χ1v) is 11.4. The summed E-state index contributed by atoms with van der Waals surface area (Å²) in [5.41, 5.74) is 4.63. The van der Waals surface area contributed by atoms with E-state index in [4.69, 9.17) is 4.98 Å². The number of anilines is 1. The van der Waals surface area contributed by atoms with Gasteiger partial charge >= 0.3 is 0 Å². The molecule has 0 saturated carbocycles. The molecule has 6 rings (SSSR count). The molecule has 0 radical (unpaired) electrons. The summed E-state index contributed by atoms with van der Waals surface area (Å²) in [5.74, 6) is 1.53. The molecule has 1 fully saturated rings. The number of fused-ring (bicyclic) bond motifs is 5. The molecule has 5 heterocycles. The summed E-state index contributed by atoms with van der Waals surface area (Å²) in [5, 5.41) is 15.0. The third-order valence-corrected chi connectivity index (χ3v) is 6.66. The minimum absolute atomic E-state index is 0. The van der Waals surface area contributed by atoms with Crippen molar-refractivity contribution in [2.24, 2.45) is 5.92 Å². The van der Waals surface area contributed by atoms with Crippen molar-refractivity contribution >= 4 is 32.8 Å². The van der Waals surface area contributed by atoms with Gasteiger partial charge in [-0.05, 0) is 50.0 Å². The molecule has 1 aromatic carbocycles. The minimum atomic E-state index is -0.376. The largest absolute Gasteiger partial charge is 0.391 e. The van der Waals surface area contributed by atoms with Crippen LogP contribution in [0, 0.1) is 11.7 Å². The van der Waals surface area contributed by atoms with Gasteiger partial charge in [0.25, 0.3) is 0 Å². The standard InChI is InChI=1S/C25H26FN7O.2H2S/c1-30(2)10-18-12-32(14-23(18)34)24-8-7-21-20(29-24)13-31-11-17(16-3-5-19(26)6-4-16)9-22(31)25-27-15-28-33(21)25;;/h3-9,11,15,18,23,34H,10,12-14H2,1-2H3;2*1H2/t18-,23+;;/m0../s1. The van der Waals surface area contributed by atoms with Gasteiger partial charge in [-0.2, -0.15) is 32.1 Å². The molecule has 1 saturated heterocycles. The van der Waals surface area contributed by atoms with Crippen LogP contribution in [0.3, 0.4) is 0 Å². The normalized spacial score (nSPS) is 18.1. The highest BCUT2D eigenvalue weighted by molar-refractivity contribution is 7.59. The van der Waals surface area contributed by atoms with Gasteiger partial charge in [0.05, 0.1) is 29.7 Å². The van der Waals surface area contributed by atoms with Crippen LogP contribution in [0.5, 0.6) is 0 Å². The Balaban J connectivity index is 0.00000152. The van der Waals surface area contributed by atoms with E-state index in [-0.39, 0.29) is 44.8 Å². The van der Waals surface area contributed by atoms with Gasteiger partial charge in [-0.1, -0.05) is 12.1 Å². The molecule has 0 bridgehead atoms. The molecular formula is C25H30FN7OS2. The highest BCUT2D eigenvalue weighted by atomic mass is 32.1. The van der Waals surface area contributed by atoms with Gasteiger partial charge in [-0.3, -0.25) is 0 Å². The van der Waals surface area contributed by atoms with Crippen LogP contribution in [-0.4, -0.2) is 74.2 Å². The molecule has 0 spiro atoms. The summed E-state index contributed by atoms with van der Waals surface area (Å²) >= 11 is 0. The zero-order valence-corrected chi connectivity index (χ0v) is 22.1. The Morgan fingerprint density at radius 2 is 1.83 bits per heavy atom. The minimum Gasteiger partial charge on any atom is -0.391 e. The zero-order valence-electron chi connectivity index (χ0n) is 20.1. The third kappa shape index (κ3) is 4.63. The number of pyridine rings is 1. The van der Waals surface area contributed by atoms with E-state index in [0.29, 0.717) is 13.1 Å². The molecule has 8 nitrogen and oxygen atoms in total. The van der Waals surface area contributed by atoms with Crippen molar-refractivity contribution in [3.63, 3.8) is 0 Å². The van der Waals surface area contributed by atoms with Crippen LogP contribution in [0.1, 0.15) is 5.69 Å². The fourth-order valence-corrected chi connectivity index (χ4v) is 5.04. The average Bonchev–Trinajstić information content (AvgIpc) is 3.52. The molecule has 2 aliphatic heterocycles. The van der Waals surface area contributed by atoms with Gasteiger partial charge in [0.1, 0.15) is 18.0 Å². The van der Waals surface area contributed by atoms with E-state index in [1.54, 1.807) is 18.5 Å². The molecule has 11 heteroatoms. The van der Waals surface area contributed by atoms with Crippen molar-refractivity contribution in [2.75, 3.05) is 38.6 Å². The molecule has 190 valence electrons. The van der Waals surface area contributed by atoms with Gasteiger partial charge in [-0.25, -0.2) is 19.0 Å². The summed E-state index contributed by atoms with van der Waals surface area (Å²) in [6, 6.07) is 12.6. The lowest BCUT2D eigenvalue weighted by atomic mass is 10.1. The van der Waals surface area contributed by atoms with Crippen LogP contribution in [0.2, 0.25) is 0 Å². The number of benzene rings is 1. The van der Waals surface area contributed by atoms with E-state index < -0.39 is 0 Å². The summed E-state index contributed by atoms with van der Waals surface area (Å²) < 4.78 is 17.4. The quantitative estimate of drug-likeness (QED) is 0.388. The predicted octanol–water partition coefficient (Wildman–Crippen LogP) is 2.88. The Kier molecular flexibility index (Phi) is 7.46. The number of aromatic nitrogens is 5. The fraction of sp³-hybridized carbons (Fsp3) is 0.320. The van der Waals surface area contributed by atoms with Crippen LogP contribution in [-0.2, 0) is 6.54 Å². The number of hydrogen-bond donors (Lipinski definition) is 1. The van der Waals surface area contributed by atoms with Gasteiger partial charge in [-0.15, -0.1) is 0 Å². The maximum atomic E-state index is 13.4. The van der Waals surface area contributed by atoms with Gasteiger partial charge in [0, 0.05) is 37.3 Å². The monoisotopic (exact) mass is 527 g/mol. The Morgan fingerprint density at radius 3 is 2.58 bits per heavy atom. The van der Waals surface area contributed by atoms with E-state index in [1.165, 1.54) is 12.1 Å². The Bertz CT molecular complexity index is 1350. The number of rotatable bonds is 4. The van der Waals surface area contributed by atoms with Crippen LogP contribution in [0.4, 0.5) is 10.2 Å². The Labute approximate surface area is 223 Å². The second kappa shape index (κ2) is 10.3. The lowest BCUT2D eigenvalue weighted by molar-refractivity contribution is 0.130. The SMILES string of the molecule is CN(C)C[C@H]1CN(c2ccc3c(n2)Cn2cc(-c4ccc(F)cc4)cc2-c2ncnn2-3)C[C@H]1O.S.S. The molecule has 3 aromatic heterocycles.